The molecule has 0 radical (unpaired) electrons. The average molecular weight is 299 g/mol. The quantitative estimate of drug-likeness (QED) is 0.910. The van der Waals surface area contributed by atoms with Crippen molar-refractivity contribution in [3.63, 3.8) is 0 Å². The predicted octanol–water partition coefficient (Wildman–Crippen LogP) is 4.43. The summed E-state index contributed by atoms with van der Waals surface area (Å²) in [6.45, 7) is 0. The first-order valence-corrected chi connectivity index (χ1v) is 6.18. The first-order chi connectivity index (χ1) is 8.97. The molecule has 98 valence electrons. The van der Waals surface area contributed by atoms with Gasteiger partial charge in [0.15, 0.2) is 0 Å². The van der Waals surface area contributed by atoms with Gasteiger partial charge in [0, 0.05) is 21.2 Å². The molecule has 0 saturated heterocycles. The molecule has 0 fully saturated rings. The van der Waals surface area contributed by atoms with Gasteiger partial charge in [0.05, 0.1) is 6.42 Å². The molecule has 0 aliphatic carbocycles. The van der Waals surface area contributed by atoms with Crippen LogP contribution >= 0.6 is 23.2 Å². The van der Waals surface area contributed by atoms with E-state index >= 15 is 0 Å². The molecule has 2 nitrogen and oxygen atoms in total. The van der Waals surface area contributed by atoms with E-state index in [0.29, 0.717) is 21.2 Å². The third-order valence-electron chi connectivity index (χ3n) is 2.60. The van der Waals surface area contributed by atoms with E-state index in [1.54, 1.807) is 18.2 Å². The lowest BCUT2D eigenvalue weighted by Crippen LogP contribution is -2.00. The molecule has 0 heterocycles. The Morgan fingerprint density at radius 3 is 2.53 bits per heavy atom. The maximum atomic E-state index is 13.9. The minimum atomic E-state index is -0.977. The molecule has 0 bridgehead atoms. The van der Waals surface area contributed by atoms with Gasteiger partial charge >= 0.3 is 5.97 Å². The topological polar surface area (TPSA) is 37.3 Å². The van der Waals surface area contributed by atoms with Crippen LogP contribution in [0.4, 0.5) is 4.39 Å². The fourth-order valence-corrected chi connectivity index (χ4v) is 2.16. The summed E-state index contributed by atoms with van der Waals surface area (Å²) in [5.41, 5.74) is 1.19. The van der Waals surface area contributed by atoms with Gasteiger partial charge in [-0.1, -0.05) is 29.3 Å². The van der Waals surface area contributed by atoms with E-state index in [9.17, 15) is 9.18 Å². The molecule has 0 aliphatic heterocycles. The van der Waals surface area contributed by atoms with Gasteiger partial charge < -0.3 is 5.11 Å². The van der Waals surface area contributed by atoms with Crippen LogP contribution < -0.4 is 0 Å². The summed E-state index contributed by atoms with van der Waals surface area (Å²) in [6.07, 6.45) is -0.175. The van der Waals surface area contributed by atoms with Gasteiger partial charge in [-0.3, -0.25) is 4.79 Å². The summed E-state index contributed by atoms with van der Waals surface area (Å²) in [5.74, 6) is -1.45. The molecule has 0 aromatic heterocycles. The Hall–Kier alpha value is -1.58. The van der Waals surface area contributed by atoms with Crippen molar-refractivity contribution in [3.05, 3.63) is 57.8 Å². The highest BCUT2D eigenvalue weighted by Crippen LogP contribution is 2.32. The second-order valence-corrected chi connectivity index (χ2v) is 4.85. The number of halogens is 3. The zero-order valence-electron chi connectivity index (χ0n) is 9.66. The number of rotatable bonds is 3. The fourth-order valence-electron chi connectivity index (χ4n) is 1.77. The van der Waals surface area contributed by atoms with Gasteiger partial charge in [-0.05, 0) is 35.9 Å². The molecular weight excluding hydrogens is 290 g/mol. The lowest BCUT2D eigenvalue weighted by atomic mass is 10.0. The van der Waals surface area contributed by atoms with Crippen molar-refractivity contribution in [1.82, 2.24) is 0 Å². The van der Waals surface area contributed by atoms with E-state index in [4.69, 9.17) is 28.3 Å². The number of aliphatic carboxylic acids is 1. The van der Waals surface area contributed by atoms with Crippen LogP contribution in [0.1, 0.15) is 5.56 Å². The van der Waals surface area contributed by atoms with Gasteiger partial charge in [-0.15, -0.1) is 0 Å². The van der Waals surface area contributed by atoms with Gasteiger partial charge in [0.2, 0.25) is 0 Å². The number of carboxylic acids is 1. The minimum absolute atomic E-state index is 0.175. The smallest absolute Gasteiger partial charge is 0.307 e. The maximum absolute atomic E-state index is 13.9. The van der Waals surface area contributed by atoms with E-state index in [1.807, 2.05) is 0 Å². The molecule has 1 N–H and O–H groups in total. The zero-order chi connectivity index (χ0) is 14.0. The largest absolute Gasteiger partial charge is 0.481 e. The second kappa shape index (κ2) is 5.59. The summed E-state index contributed by atoms with van der Waals surface area (Å²) in [6, 6.07) is 8.86. The Labute approximate surface area is 119 Å². The van der Waals surface area contributed by atoms with Crippen LogP contribution in [0.25, 0.3) is 11.1 Å². The molecule has 2 aromatic carbocycles. The lowest BCUT2D eigenvalue weighted by Gasteiger charge is -2.08. The van der Waals surface area contributed by atoms with Crippen LogP contribution in [0.2, 0.25) is 10.0 Å². The van der Waals surface area contributed by atoms with Crippen LogP contribution in [0, 0.1) is 5.82 Å². The minimum Gasteiger partial charge on any atom is -0.481 e. The van der Waals surface area contributed by atoms with Crippen molar-refractivity contribution >= 4 is 29.2 Å². The van der Waals surface area contributed by atoms with E-state index in [0.717, 1.165) is 0 Å². The molecule has 2 rings (SSSR count). The Morgan fingerprint density at radius 2 is 1.84 bits per heavy atom. The first-order valence-electron chi connectivity index (χ1n) is 5.43. The third kappa shape index (κ3) is 3.25. The predicted molar refractivity (Wildman–Crippen MR) is 73.2 cm³/mol. The molecule has 0 saturated carbocycles. The van der Waals surface area contributed by atoms with Crippen LogP contribution in [0.15, 0.2) is 36.4 Å². The third-order valence-corrected chi connectivity index (χ3v) is 3.17. The molecule has 19 heavy (non-hydrogen) atoms. The standard InChI is InChI=1S/C14H9Cl2FO2/c15-9-2-3-12(16)10(7-9)11-5-8(6-14(18)19)1-4-13(11)17/h1-5,7H,6H2,(H,18,19). The molecular formula is C14H9Cl2FO2. The fraction of sp³-hybridized carbons (Fsp3) is 0.0714. The van der Waals surface area contributed by atoms with E-state index in [-0.39, 0.29) is 12.0 Å². The summed E-state index contributed by atoms with van der Waals surface area (Å²) in [7, 11) is 0. The van der Waals surface area contributed by atoms with Crippen molar-refractivity contribution in [3.8, 4) is 11.1 Å². The summed E-state index contributed by atoms with van der Waals surface area (Å²) in [5, 5.41) is 9.55. The second-order valence-electron chi connectivity index (χ2n) is 4.01. The number of hydrogen-bond donors (Lipinski definition) is 1. The molecule has 0 amide bonds. The van der Waals surface area contributed by atoms with Crippen LogP contribution in [-0.4, -0.2) is 11.1 Å². The first kappa shape index (κ1) is 13.8. The number of carbonyl (C=O) groups is 1. The average Bonchev–Trinajstić information content (AvgIpc) is 2.34. The van der Waals surface area contributed by atoms with Crippen LogP contribution in [0.3, 0.4) is 0 Å². The molecule has 0 aliphatic rings. The Balaban J connectivity index is 2.54. The molecule has 0 unspecified atom stereocenters. The SMILES string of the molecule is O=C(O)Cc1ccc(F)c(-c2cc(Cl)ccc2Cl)c1. The molecule has 0 spiro atoms. The summed E-state index contributed by atoms with van der Waals surface area (Å²) >= 11 is 11.9. The van der Waals surface area contributed by atoms with Gasteiger partial charge in [0.25, 0.3) is 0 Å². The highest BCUT2D eigenvalue weighted by Gasteiger charge is 2.12. The Morgan fingerprint density at radius 1 is 1.11 bits per heavy atom. The molecule has 5 heteroatoms. The van der Waals surface area contributed by atoms with E-state index < -0.39 is 11.8 Å². The monoisotopic (exact) mass is 298 g/mol. The van der Waals surface area contributed by atoms with Gasteiger partial charge in [0.1, 0.15) is 5.82 Å². The zero-order valence-corrected chi connectivity index (χ0v) is 11.2. The highest BCUT2D eigenvalue weighted by molar-refractivity contribution is 6.35. The van der Waals surface area contributed by atoms with Gasteiger partial charge in [-0.25, -0.2) is 4.39 Å². The van der Waals surface area contributed by atoms with Crippen molar-refractivity contribution in [2.24, 2.45) is 0 Å². The molecule has 0 atom stereocenters. The highest BCUT2D eigenvalue weighted by atomic mass is 35.5. The van der Waals surface area contributed by atoms with Crippen molar-refractivity contribution < 1.29 is 14.3 Å². The van der Waals surface area contributed by atoms with Gasteiger partial charge in [-0.2, -0.15) is 0 Å². The van der Waals surface area contributed by atoms with Crippen molar-refractivity contribution in [2.75, 3.05) is 0 Å². The van der Waals surface area contributed by atoms with Crippen LogP contribution in [-0.2, 0) is 11.2 Å². The normalized spacial score (nSPS) is 10.5. The van der Waals surface area contributed by atoms with E-state index in [2.05, 4.69) is 0 Å². The lowest BCUT2D eigenvalue weighted by molar-refractivity contribution is -0.136. The summed E-state index contributed by atoms with van der Waals surface area (Å²) < 4.78 is 13.9. The Kier molecular flexibility index (Phi) is 4.08. The number of benzene rings is 2. The molecule has 2 aromatic rings. The van der Waals surface area contributed by atoms with Crippen molar-refractivity contribution in [2.45, 2.75) is 6.42 Å². The van der Waals surface area contributed by atoms with Crippen molar-refractivity contribution in [1.29, 1.82) is 0 Å². The number of carboxylic acid groups (broad SMARTS) is 1. The number of hydrogen-bond acceptors (Lipinski definition) is 1. The van der Waals surface area contributed by atoms with E-state index in [1.165, 1.54) is 18.2 Å². The summed E-state index contributed by atoms with van der Waals surface area (Å²) in [4.78, 5) is 10.7. The van der Waals surface area contributed by atoms with Crippen LogP contribution in [0.5, 0.6) is 0 Å². The maximum Gasteiger partial charge on any atom is 0.307 e. The Bertz CT molecular complexity index is 641.